The third-order valence-electron chi connectivity index (χ3n) is 3.66. The number of nitrogens with one attached hydrogen (secondary N) is 2. The molecule has 2 aromatic rings. The van der Waals surface area contributed by atoms with Crippen LogP contribution in [0.25, 0.3) is 0 Å². The Bertz CT molecular complexity index is 712. The Morgan fingerprint density at radius 3 is 1.81 bits per heavy atom. The topological polar surface area (TPSA) is 76.7 Å². The molecule has 6 heteroatoms. The van der Waals surface area contributed by atoms with Gasteiger partial charge in [0.05, 0.1) is 13.7 Å². The van der Waals surface area contributed by atoms with Crippen molar-refractivity contribution >= 4 is 11.8 Å². The quantitative estimate of drug-likeness (QED) is 0.677. The fourth-order valence-corrected chi connectivity index (χ4v) is 2.22. The molecule has 0 heterocycles. The van der Waals surface area contributed by atoms with E-state index in [2.05, 4.69) is 10.6 Å². The van der Waals surface area contributed by atoms with Gasteiger partial charge in [0.15, 0.2) is 0 Å². The van der Waals surface area contributed by atoms with Crippen LogP contribution in [-0.2, 0) is 0 Å². The van der Waals surface area contributed by atoms with Crippen molar-refractivity contribution in [2.45, 2.75) is 13.3 Å². The maximum atomic E-state index is 12.1. The average molecular weight is 356 g/mol. The van der Waals surface area contributed by atoms with Gasteiger partial charge in [-0.25, -0.2) is 0 Å². The molecule has 6 nitrogen and oxygen atoms in total. The Morgan fingerprint density at radius 1 is 0.808 bits per heavy atom. The summed E-state index contributed by atoms with van der Waals surface area (Å²) in [4.78, 5) is 23.9. The van der Waals surface area contributed by atoms with Crippen molar-refractivity contribution in [1.82, 2.24) is 10.6 Å². The van der Waals surface area contributed by atoms with Crippen LogP contribution in [0.1, 0.15) is 34.1 Å². The van der Waals surface area contributed by atoms with Crippen LogP contribution in [0.4, 0.5) is 0 Å². The van der Waals surface area contributed by atoms with Gasteiger partial charge < -0.3 is 20.1 Å². The van der Waals surface area contributed by atoms with Gasteiger partial charge in [-0.15, -0.1) is 0 Å². The van der Waals surface area contributed by atoms with E-state index in [4.69, 9.17) is 9.47 Å². The Morgan fingerprint density at radius 2 is 1.31 bits per heavy atom. The van der Waals surface area contributed by atoms with Crippen molar-refractivity contribution in [3.8, 4) is 11.5 Å². The summed E-state index contributed by atoms with van der Waals surface area (Å²) < 4.78 is 10.6. The number of benzene rings is 2. The second-order valence-electron chi connectivity index (χ2n) is 5.61. The highest BCUT2D eigenvalue weighted by Crippen LogP contribution is 2.16. The predicted molar refractivity (Wildman–Crippen MR) is 99.9 cm³/mol. The Hall–Kier alpha value is -3.02. The molecule has 2 rings (SSSR count). The third-order valence-corrected chi connectivity index (χ3v) is 3.66. The zero-order chi connectivity index (χ0) is 18.8. The van der Waals surface area contributed by atoms with Crippen molar-refractivity contribution in [2.24, 2.45) is 0 Å². The molecule has 2 amide bonds. The molecular weight excluding hydrogens is 332 g/mol. The average Bonchev–Trinajstić information content (AvgIpc) is 2.69. The van der Waals surface area contributed by atoms with E-state index in [-0.39, 0.29) is 11.8 Å². The number of hydrogen-bond acceptors (Lipinski definition) is 4. The van der Waals surface area contributed by atoms with Crippen LogP contribution in [-0.4, -0.2) is 38.6 Å². The summed E-state index contributed by atoms with van der Waals surface area (Å²) in [5, 5.41) is 5.58. The van der Waals surface area contributed by atoms with E-state index in [1.165, 1.54) is 0 Å². The first-order chi connectivity index (χ1) is 12.6. The van der Waals surface area contributed by atoms with Crippen LogP contribution >= 0.6 is 0 Å². The van der Waals surface area contributed by atoms with Crippen LogP contribution in [0.2, 0.25) is 0 Å². The monoisotopic (exact) mass is 356 g/mol. The molecule has 0 aliphatic heterocycles. The zero-order valence-corrected chi connectivity index (χ0v) is 15.1. The van der Waals surface area contributed by atoms with Crippen LogP contribution in [0.3, 0.4) is 0 Å². The Kier molecular flexibility index (Phi) is 7.49. The zero-order valence-electron chi connectivity index (χ0n) is 15.1. The van der Waals surface area contributed by atoms with Gasteiger partial charge in [-0.1, -0.05) is 6.92 Å². The van der Waals surface area contributed by atoms with Crippen molar-refractivity contribution in [3.63, 3.8) is 0 Å². The van der Waals surface area contributed by atoms with E-state index in [9.17, 15) is 9.59 Å². The van der Waals surface area contributed by atoms with Crippen LogP contribution in [0.15, 0.2) is 48.5 Å². The van der Waals surface area contributed by atoms with Gasteiger partial charge >= 0.3 is 0 Å². The Balaban J connectivity index is 1.75. The largest absolute Gasteiger partial charge is 0.497 e. The van der Waals surface area contributed by atoms with E-state index in [1.54, 1.807) is 31.4 Å². The van der Waals surface area contributed by atoms with E-state index < -0.39 is 0 Å². The summed E-state index contributed by atoms with van der Waals surface area (Å²) in [5.74, 6) is 1.13. The number of hydrogen-bond donors (Lipinski definition) is 2. The molecule has 0 saturated heterocycles. The number of ether oxygens (including phenoxy) is 2. The van der Waals surface area contributed by atoms with Crippen molar-refractivity contribution in [1.29, 1.82) is 0 Å². The van der Waals surface area contributed by atoms with Gasteiger partial charge in [0, 0.05) is 17.7 Å². The SMILES string of the molecule is CCCNC(=O)c1ccc(C(=O)NCCOc2ccc(OC)cc2)cc1. The number of carbonyl (C=O) groups excluding carboxylic acids is 2. The Labute approximate surface area is 153 Å². The molecule has 2 aromatic carbocycles. The molecule has 138 valence electrons. The molecule has 0 unspecified atom stereocenters. The highest BCUT2D eigenvalue weighted by molar-refractivity contribution is 5.97. The van der Waals surface area contributed by atoms with E-state index in [1.807, 2.05) is 31.2 Å². The van der Waals surface area contributed by atoms with E-state index in [0.717, 1.165) is 12.2 Å². The van der Waals surface area contributed by atoms with Gasteiger partial charge in [-0.2, -0.15) is 0 Å². The number of carbonyl (C=O) groups is 2. The highest BCUT2D eigenvalue weighted by Gasteiger charge is 2.08. The summed E-state index contributed by atoms with van der Waals surface area (Å²) in [6.45, 7) is 3.36. The fourth-order valence-electron chi connectivity index (χ4n) is 2.22. The minimum atomic E-state index is -0.205. The van der Waals surface area contributed by atoms with Crippen molar-refractivity contribution in [3.05, 3.63) is 59.7 Å². The van der Waals surface area contributed by atoms with Crippen LogP contribution in [0.5, 0.6) is 11.5 Å². The van der Waals surface area contributed by atoms with Gasteiger partial charge in [-0.3, -0.25) is 9.59 Å². The number of rotatable bonds is 9. The summed E-state index contributed by atoms with van der Waals surface area (Å²) in [5.41, 5.74) is 1.04. The smallest absolute Gasteiger partial charge is 0.251 e. The lowest BCUT2D eigenvalue weighted by Gasteiger charge is -2.09. The number of methoxy groups -OCH3 is 1. The van der Waals surface area contributed by atoms with Crippen molar-refractivity contribution in [2.75, 3.05) is 26.8 Å². The molecule has 0 radical (unpaired) electrons. The molecule has 0 aliphatic rings. The number of amides is 2. The molecular formula is C20H24N2O4. The van der Waals surface area contributed by atoms with Crippen molar-refractivity contribution < 1.29 is 19.1 Å². The first-order valence-electron chi connectivity index (χ1n) is 8.57. The van der Waals surface area contributed by atoms with Gasteiger partial charge in [0.2, 0.25) is 0 Å². The summed E-state index contributed by atoms with van der Waals surface area (Å²) in [6, 6.07) is 13.8. The summed E-state index contributed by atoms with van der Waals surface area (Å²) >= 11 is 0. The molecule has 0 fully saturated rings. The summed E-state index contributed by atoms with van der Waals surface area (Å²) in [6.07, 6.45) is 0.880. The van der Waals surface area contributed by atoms with Gasteiger partial charge in [0.25, 0.3) is 11.8 Å². The predicted octanol–water partition coefficient (Wildman–Crippen LogP) is 2.64. The molecule has 0 aromatic heterocycles. The minimum absolute atomic E-state index is 0.133. The maximum Gasteiger partial charge on any atom is 0.251 e. The van der Waals surface area contributed by atoms with E-state index in [0.29, 0.717) is 36.6 Å². The standard InChI is InChI=1S/C20H24N2O4/c1-3-12-21-19(23)15-4-6-16(7-5-15)20(24)22-13-14-26-18-10-8-17(25-2)9-11-18/h4-11H,3,12-14H2,1-2H3,(H,21,23)(H,22,24). The molecule has 26 heavy (non-hydrogen) atoms. The molecule has 0 spiro atoms. The maximum absolute atomic E-state index is 12.1. The minimum Gasteiger partial charge on any atom is -0.497 e. The van der Waals surface area contributed by atoms with Crippen LogP contribution < -0.4 is 20.1 Å². The molecule has 2 N–H and O–H groups in total. The fraction of sp³-hybridized carbons (Fsp3) is 0.300. The third kappa shape index (κ3) is 5.81. The lowest BCUT2D eigenvalue weighted by atomic mass is 10.1. The van der Waals surface area contributed by atoms with E-state index >= 15 is 0 Å². The second kappa shape index (κ2) is 10.1. The van der Waals surface area contributed by atoms with Gasteiger partial charge in [-0.05, 0) is 55.0 Å². The second-order valence-corrected chi connectivity index (χ2v) is 5.61. The lowest BCUT2D eigenvalue weighted by molar-refractivity contribution is 0.0938. The highest BCUT2D eigenvalue weighted by atomic mass is 16.5. The molecule has 0 aliphatic carbocycles. The first-order valence-corrected chi connectivity index (χ1v) is 8.57. The molecule has 0 bridgehead atoms. The summed E-state index contributed by atoms with van der Waals surface area (Å²) in [7, 11) is 1.61. The molecule has 0 saturated carbocycles. The molecule has 0 atom stereocenters. The van der Waals surface area contributed by atoms with Gasteiger partial charge in [0.1, 0.15) is 18.1 Å². The first kappa shape index (κ1) is 19.3. The normalized spacial score (nSPS) is 10.1. The lowest BCUT2D eigenvalue weighted by Crippen LogP contribution is -2.28. The van der Waals surface area contributed by atoms with Crippen LogP contribution in [0, 0.1) is 0 Å².